The molecule has 0 unspecified atom stereocenters. The first-order chi connectivity index (χ1) is 7.34. The number of hydrogen-bond acceptors (Lipinski definition) is 3. The Morgan fingerprint density at radius 3 is 2.87 bits per heavy atom. The lowest BCUT2D eigenvalue weighted by Crippen LogP contribution is -2.47. The van der Waals surface area contributed by atoms with Crippen LogP contribution in [0.5, 0.6) is 0 Å². The lowest BCUT2D eigenvalue weighted by molar-refractivity contribution is -0.0579. The second-order valence-electron chi connectivity index (χ2n) is 4.55. The van der Waals surface area contributed by atoms with E-state index in [4.69, 9.17) is 4.74 Å². The molecule has 3 heterocycles. The lowest BCUT2D eigenvalue weighted by Gasteiger charge is -2.34. The van der Waals surface area contributed by atoms with Crippen molar-refractivity contribution in [2.75, 3.05) is 26.3 Å². The van der Waals surface area contributed by atoms with Crippen molar-refractivity contribution < 1.29 is 4.74 Å². The Balaban J connectivity index is 1.68. The molecule has 1 aromatic rings. The van der Waals surface area contributed by atoms with Gasteiger partial charge in [0, 0.05) is 25.0 Å². The summed E-state index contributed by atoms with van der Waals surface area (Å²) in [6.07, 6.45) is 3.11. The Kier molecular flexibility index (Phi) is 2.25. The van der Waals surface area contributed by atoms with E-state index >= 15 is 0 Å². The fourth-order valence-electron chi connectivity index (χ4n) is 2.50. The summed E-state index contributed by atoms with van der Waals surface area (Å²) >= 11 is 0. The zero-order chi connectivity index (χ0) is 10.3. The first-order valence-electron chi connectivity index (χ1n) is 5.66. The fourth-order valence-corrected chi connectivity index (χ4v) is 2.50. The molecule has 0 aliphatic carbocycles. The van der Waals surface area contributed by atoms with E-state index in [1.807, 2.05) is 6.20 Å². The fraction of sp³-hybridized carbons (Fsp3) is 0.727. The standard InChI is InChI=1S/C11H17N3O/c1-9-2-4-12-14(9)10-3-5-13(6-10)11-7-15-8-11/h2,4,10-11H,3,5-8H2,1H3/t10-/m0/s1. The highest BCUT2D eigenvalue weighted by molar-refractivity contribution is 5.00. The molecule has 2 aliphatic rings. The van der Waals surface area contributed by atoms with Crippen LogP contribution in [-0.2, 0) is 4.74 Å². The second kappa shape index (κ2) is 3.61. The van der Waals surface area contributed by atoms with Crippen LogP contribution in [0.25, 0.3) is 0 Å². The number of rotatable bonds is 2. The van der Waals surface area contributed by atoms with Gasteiger partial charge in [0.15, 0.2) is 0 Å². The summed E-state index contributed by atoms with van der Waals surface area (Å²) in [6, 6.07) is 3.32. The zero-order valence-corrected chi connectivity index (χ0v) is 9.09. The van der Waals surface area contributed by atoms with E-state index in [0.29, 0.717) is 12.1 Å². The molecule has 0 N–H and O–H groups in total. The molecule has 0 bridgehead atoms. The van der Waals surface area contributed by atoms with Gasteiger partial charge in [-0.05, 0) is 19.4 Å². The lowest BCUT2D eigenvalue weighted by atomic mass is 10.2. The van der Waals surface area contributed by atoms with Crippen molar-refractivity contribution in [1.82, 2.24) is 14.7 Å². The Morgan fingerprint density at radius 1 is 1.40 bits per heavy atom. The molecule has 4 nitrogen and oxygen atoms in total. The number of aromatic nitrogens is 2. The van der Waals surface area contributed by atoms with Gasteiger partial charge in [-0.2, -0.15) is 5.10 Å². The van der Waals surface area contributed by atoms with Crippen molar-refractivity contribution in [3.8, 4) is 0 Å². The van der Waals surface area contributed by atoms with Crippen LogP contribution in [0.4, 0.5) is 0 Å². The average Bonchev–Trinajstić information content (AvgIpc) is 2.70. The molecule has 2 aliphatic heterocycles. The highest BCUT2D eigenvalue weighted by Gasteiger charge is 2.33. The Hall–Kier alpha value is -0.870. The number of nitrogens with zero attached hydrogens (tertiary/aromatic N) is 3. The van der Waals surface area contributed by atoms with Gasteiger partial charge in [-0.1, -0.05) is 0 Å². The number of ether oxygens (including phenoxy) is 1. The predicted octanol–water partition coefficient (Wildman–Crippen LogP) is 0.837. The van der Waals surface area contributed by atoms with E-state index in [-0.39, 0.29) is 0 Å². The first-order valence-corrected chi connectivity index (χ1v) is 5.66. The third kappa shape index (κ3) is 1.58. The summed E-state index contributed by atoms with van der Waals surface area (Å²) in [5.41, 5.74) is 1.27. The van der Waals surface area contributed by atoms with Gasteiger partial charge >= 0.3 is 0 Å². The molecular weight excluding hydrogens is 190 g/mol. The highest BCUT2D eigenvalue weighted by atomic mass is 16.5. The first kappa shape index (κ1) is 9.36. The molecule has 4 heteroatoms. The van der Waals surface area contributed by atoms with Crippen LogP contribution in [0.2, 0.25) is 0 Å². The summed E-state index contributed by atoms with van der Waals surface area (Å²) in [5, 5.41) is 4.39. The molecule has 2 fully saturated rings. The Bertz CT molecular complexity index is 345. The number of hydrogen-bond donors (Lipinski definition) is 0. The molecule has 15 heavy (non-hydrogen) atoms. The van der Waals surface area contributed by atoms with E-state index < -0.39 is 0 Å². The van der Waals surface area contributed by atoms with Gasteiger partial charge in [0.05, 0.1) is 25.3 Å². The molecule has 0 amide bonds. The minimum atomic E-state index is 0.570. The second-order valence-corrected chi connectivity index (χ2v) is 4.55. The summed E-state index contributed by atoms with van der Waals surface area (Å²) in [5.74, 6) is 0. The zero-order valence-electron chi connectivity index (χ0n) is 9.09. The van der Waals surface area contributed by atoms with E-state index in [1.54, 1.807) is 0 Å². The summed E-state index contributed by atoms with van der Waals surface area (Å²) in [7, 11) is 0. The van der Waals surface area contributed by atoms with Gasteiger partial charge in [0.1, 0.15) is 0 Å². The monoisotopic (exact) mass is 207 g/mol. The molecule has 2 saturated heterocycles. The van der Waals surface area contributed by atoms with Crippen molar-refractivity contribution in [1.29, 1.82) is 0 Å². The molecule has 82 valence electrons. The predicted molar refractivity (Wildman–Crippen MR) is 56.8 cm³/mol. The summed E-state index contributed by atoms with van der Waals surface area (Å²) < 4.78 is 7.40. The molecule has 0 saturated carbocycles. The minimum Gasteiger partial charge on any atom is -0.378 e. The molecule has 1 aromatic heterocycles. The Morgan fingerprint density at radius 2 is 2.27 bits per heavy atom. The maximum absolute atomic E-state index is 5.23. The topological polar surface area (TPSA) is 30.3 Å². The van der Waals surface area contributed by atoms with Crippen LogP contribution < -0.4 is 0 Å². The maximum Gasteiger partial charge on any atom is 0.0661 e. The molecular formula is C11H17N3O. The minimum absolute atomic E-state index is 0.570. The average molecular weight is 207 g/mol. The molecule has 0 radical (unpaired) electrons. The van der Waals surface area contributed by atoms with E-state index in [1.165, 1.54) is 18.7 Å². The molecule has 0 aromatic carbocycles. The molecule has 0 spiro atoms. The van der Waals surface area contributed by atoms with Gasteiger partial charge in [-0.25, -0.2) is 0 Å². The van der Waals surface area contributed by atoms with Gasteiger partial charge in [0.2, 0.25) is 0 Å². The highest BCUT2D eigenvalue weighted by Crippen LogP contribution is 2.25. The van der Waals surface area contributed by atoms with Crippen molar-refractivity contribution in [3.63, 3.8) is 0 Å². The molecule has 1 atom stereocenters. The number of likely N-dealkylation sites (tertiary alicyclic amines) is 1. The smallest absolute Gasteiger partial charge is 0.0661 e. The quantitative estimate of drug-likeness (QED) is 0.720. The van der Waals surface area contributed by atoms with Crippen LogP contribution >= 0.6 is 0 Å². The van der Waals surface area contributed by atoms with Gasteiger partial charge in [0.25, 0.3) is 0 Å². The largest absolute Gasteiger partial charge is 0.378 e. The van der Waals surface area contributed by atoms with Gasteiger partial charge < -0.3 is 4.74 Å². The van der Waals surface area contributed by atoms with Crippen molar-refractivity contribution >= 4 is 0 Å². The third-order valence-electron chi connectivity index (χ3n) is 3.55. The normalized spacial score (nSPS) is 28.2. The number of aryl methyl sites for hydroxylation is 1. The Labute approximate surface area is 89.8 Å². The van der Waals surface area contributed by atoms with Crippen LogP contribution in [0.1, 0.15) is 18.2 Å². The van der Waals surface area contributed by atoms with Crippen LogP contribution in [0, 0.1) is 6.92 Å². The van der Waals surface area contributed by atoms with E-state index in [0.717, 1.165) is 19.8 Å². The van der Waals surface area contributed by atoms with E-state index in [9.17, 15) is 0 Å². The summed E-state index contributed by atoms with van der Waals surface area (Å²) in [4.78, 5) is 2.54. The van der Waals surface area contributed by atoms with Gasteiger partial charge in [-0.3, -0.25) is 9.58 Å². The van der Waals surface area contributed by atoms with Crippen molar-refractivity contribution in [3.05, 3.63) is 18.0 Å². The van der Waals surface area contributed by atoms with Crippen LogP contribution in [-0.4, -0.2) is 47.0 Å². The maximum atomic E-state index is 5.23. The van der Waals surface area contributed by atoms with Gasteiger partial charge in [-0.15, -0.1) is 0 Å². The van der Waals surface area contributed by atoms with E-state index in [2.05, 4.69) is 27.7 Å². The SMILES string of the molecule is Cc1ccnn1[C@H]1CCN(C2COC2)C1. The summed E-state index contributed by atoms with van der Waals surface area (Å²) in [6.45, 7) is 6.30. The van der Waals surface area contributed by atoms with Crippen LogP contribution in [0.15, 0.2) is 12.3 Å². The van der Waals surface area contributed by atoms with Crippen molar-refractivity contribution in [2.45, 2.75) is 25.4 Å². The molecule has 3 rings (SSSR count). The van der Waals surface area contributed by atoms with Crippen LogP contribution in [0.3, 0.4) is 0 Å². The third-order valence-corrected chi connectivity index (χ3v) is 3.55. The van der Waals surface area contributed by atoms with Crippen molar-refractivity contribution in [2.24, 2.45) is 0 Å².